The van der Waals surface area contributed by atoms with Gasteiger partial charge in [-0.25, -0.2) is 4.98 Å². The van der Waals surface area contributed by atoms with Crippen molar-refractivity contribution in [2.24, 2.45) is 0 Å². The third kappa shape index (κ3) is 7.61. The molecule has 0 aliphatic rings. The van der Waals surface area contributed by atoms with Gasteiger partial charge in [0.05, 0.1) is 24.7 Å². The quantitative estimate of drug-likeness (QED) is 0.646. The molecule has 0 radical (unpaired) electrons. The average Bonchev–Trinajstić information content (AvgIpc) is 2.42. The Bertz CT molecular complexity index is 373. The summed E-state index contributed by atoms with van der Waals surface area (Å²) in [5.41, 5.74) is 0. The van der Waals surface area contributed by atoms with Crippen LogP contribution in [0.1, 0.15) is 0 Å². The zero-order valence-corrected chi connectivity index (χ0v) is 11.6. The zero-order valence-electron chi connectivity index (χ0n) is 10.8. The highest BCUT2D eigenvalue weighted by atomic mass is 35.5. The zero-order chi connectivity index (χ0) is 13.9. The molecule has 0 saturated carbocycles. The third-order valence-electron chi connectivity index (χ3n) is 2.14. The maximum Gasteiger partial charge on any atom is 0.234 e. The van der Waals surface area contributed by atoms with Gasteiger partial charge in [-0.3, -0.25) is 4.79 Å². The molecule has 1 aromatic rings. The number of hydrogen-bond donors (Lipinski definition) is 2. The predicted octanol–water partition coefficient (Wildman–Crippen LogP) is 0.466. The van der Waals surface area contributed by atoms with Gasteiger partial charge in [-0.15, -0.1) is 0 Å². The number of ether oxygens (including phenoxy) is 2. The molecule has 19 heavy (non-hydrogen) atoms. The number of methoxy groups -OCH3 is 1. The lowest BCUT2D eigenvalue weighted by atomic mass is 10.5. The molecule has 0 unspecified atom stereocenters. The van der Waals surface area contributed by atoms with Crippen LogP contribution < -0.4 is 15.4 Å². The average molecular weight is 288 g/mol. The highest BCUT2D eigenvalue weighted by Gasteiger charge is 2.00. The Kier molecular flexibility index (Phi) is 7.88. The van der Waals surface area contributed by atoms with Crippen LogP contribution >= 0.6 is 11.6 Å². The van der Waals surface area contributed by atoms with Gasteiger partial charge in [-0.1, -0.05) is 11.6 Å². The smallest absolute Gasteiger partial charge is 0.234 e. The molecule has 106 valence electrons. The summed E-state index contributed by atoms with van der Waals surface area (Å²) in [6.07, 6.45) is 1.51. The number of hydrogen-bond acceptors (Lipinski definition) is 5. The highest BCUT2D eigenvalue weighted by molar-refractivity contribution is 6.30. The van der Waals surface area contributed by atoms with Crippen molar-refractivity contribution < 1.29 is 14.3 Å². The molecule has 0 saturated heterocycles. The van der Waals surface area contributed by atoms with Crippen molar-refractivity contribution in [3.8, 4) is 5.88 Å². The summed E-state index contributed by atoms with van der Waals surface area (Å²) >= 11 is 5.69. The van der Waals surface area contributed by atoms with Crippen LogP contribution in [0.5, 0.6) is 5.88 Å². The fourth-order valence-corrected chi connectivity index (χ4v) is 1.34. The number of carbonyl (C=O) groups is 1. The molecule has 7 heteroatoms. The molecule has 0 fully saturated rings. The third-order valence-corrected chi connectivity index (χ3v) is 2.37. The van der Waals surface area contributed by atoms with Crippen LogP contribution in [-0.4, -0.2) is 50.8 Å². The molecule has 1 heterocycles. The molecule has 6 nitrogen and oxygen atoms in total. The second-order valence-electron chi connectivity index (χ2n) is 3.68. The molecule has 0 bridgehead atoms. The van der Waals surface area contributed by atoms with Crippen molar-refractivity contribution in [3.05, 3.63) is 23.4 Å². The molecular weight excluding hydrogens is 270 g/mol. The van der Waals surface area contributed by atoms with Gasteiger partial charge in [-0.2, -0.15) is 0 Å². The number of amides is 1. The second-order valence-corrected chi connectivity index (χ2v) is 4.12. The number of nitrogens with one attached hydrogen (secondary N) is 2. The summed E-state index contributed by atoms with van der Waals surface area (Å²) in [7, 11) is 1.61. The van der Waals surface area contributed by atoms with Crippen molar-refractivity contribution in [2.45, 2.75) is 0 Å². The number of nitrogens with zero attached hydrogens (tertiary/aromatic N) is 1. The Morgan fingerprint density at radius 1 is 1.37 bits per heavy atom. The lowest BCUT2D eigenvalue weighted by Gasteiger charge is -2.07. The minimum atomic E-state index is -0.0798. The second kappa shape index (κ2) is 9.55. The molecule has 0 aromatic carbocycles. The standard InChI is InChI=1S/C12H18ClN3O3/c1-18-6-4-14-9-11(17)15-5-7-19-12-3-2-10(13)8-16-12/h2-3,8,14H,4-7,9H2,1H3,(H,15,17). The van der Waals surface area contributed by atoms with Crippen LogP contribution in [0.15, 0.2) is 18.3 Å². The Morgan fingerprint density at radius 3 is 2.89 bits per heavy atom. The molecule has 0 spiro atoms. The van der Waals surface area contributed by atoms with E-state index in [0.29, 0.717) is 37.2 Å². The van der Waals surface area contributed by atoms with Crippen LogP contribution in [0.2, 0.25) is 5.02 Å². The summed E-state index contributed by atoms with van der Waals surface area (Å²) in [6, 6.07) is 3.37. The SMILES string of the molecule is COCCNCC(=O)NCCOc1ccc(Cl)cn1. The van der Waals surface area contributed by atoms with Gasteiger partial charge in [0.2, 0.25) is 11.8 Å². The maximum absolute atomic E-state index is 11.4. The molecule has 2 N–H and O–H groups in total. The van der Waals surface area contributed by atoms with Gasteiger partial charge in [0.15, 0.2) is 0 Å². The van der Waals surface area contributed by atoms with Gasteiger partial charge in [-0.05, 0) is 6.07 Å². The molecule has 0 aliphatic carbocycles. The first-order chi connectivity index (χ1) is 9.22. The number of rotatable bonds is 9. The largest absolute Gasteiger partial charge is 0.476 e. The minimum absolute atomic E-state index is 0.0798. The Morgan fingerprint density at radius 2 is 2.21 bits per heavy atom. The first-order valence-electron chi connectivity index (χ1n) is 5.93. The van der Waals surface area contributed by atoms with E-state index in [1.165, 1.54) is 6.20 Å². The van der Waals surface area contributed by atoms with E-state index in [9.17, 15) is 4.79 Å². The number of halogens is 1. The van der Waals surface area contributed by atoms with E-state index in [2.05, 4.69) is 15.6 Å². The molecular formula is C12H18ClN3O3. The summed E-state index contributed by atoms with van der Waals surface area (Å²) in [6.45, 7) is 2.28. The first-order valence-corrected chi connectivity index (χ1v) is 6.31. The Balaban J connectivity index is 2.03. The van der Waals surface area contributed by atoms with Gasteiger partial charge in [0.1, 0.15) is 6.61 Å². The summed E-state index contributed by atoms with van der Waals surface area (Å²) in [4.78, 5) is 15.3. The lowest BCUT2D eigenvalue weighted by Crippen LogP contribution is -2.37. The van der Waals surface area contributed by atoms with Crippen LogP contribution in [-0.2, 0) is 9.53 Å². The van der Waals surface area contributed by atoms with E-state index in [4.69, 9.17) is 21.1 Å². The highest BCUT2D eigenvalue weighted by Crippen LogP contribution is 2.10. The number of aromatic nitrogens is 1. The van der Waals surface area contributed by atoms with Crippen LogP contribution in [0, 0.1) is 0 Å². The van der Waals surface area contributed by atoms with E-state index in [-0.39, 0.29) is 12.5 Å². The topological polar surface area (TPSA) is 72.5 Å². The Labute approximate surface area is 117 Å². The van der Waals surface area contributed by atoms with E-state index in [1.807, 2.05) is 0 Å². The molecule has 1 aromatic heterocycles. The van der Waals surface area contributed by atoms with E-state index in [0.717, 1.165) is 0 Å². The van der Waals surface area contributed by atoms with Crippen molar-refractivity contribution >= 4 is 17.5 Å². The van der Waals surface area contributed by atoms with Crippen molar-refractivity contribution in [2.75, 3.05) is 40.0 Å². The fourth-order valence-electron chi connectivity index (χ4n) is 1.23. The van der Waals surface area contributed by atoms with Crippen molar-refractivity contribution in [3.63, 3.8) is 0 Å². The monoisotopic (exact) mass is 287 g/mol. The minimum Gasteiger partial charge on any atom is -0.476 e. The van der Waals surface area contributed by atoms with Crippen molar-refractivity contribution in [1.82, 2.24) is 15.6 Å². The summed E-state index contributed by atoms with van der Waals surface area (Å²) in [5, 5.41) is 6.22. The summed E-state index contributed by atoms with van der Waals surface area (Å²) in [5.74, 6) is 0.403. The van der Waals surface area contributed by atoms with Gasteiger partial charge >= 0.3 is 0 Å². The first kappa shape index (κ1) is 15.7. The van der Waals surface area contributed by atoms with Gasteiger partial charge in [0, 0.05) is 25.9 Å². The molecule has 1 rings (SSSR count). The normalized spacial score (nSPS) is 10.2. The molecule has 1 amide bonds. The van der Waals surface area contributed by atoms with Crippen molar-refractivity contribution in [1.29, 1.82) is 0 Å². The van der Waals surface area contributed by atoms with E-state index in [1.54, 1.807) is 19.2 Å². The van der Waals surface area contributed by atoms with E-state index < -0.39 is 0 Å². The van der Waals surface area contributed by atoms with E-state index >= 15 is 0 Å². The number of pyridine rings is 1. The maximum atomic E-state index is 11.4. The van der Waals surface area contributed by atoms with Crippen LogP contribution in [0.25, 0.3) is 0 Å². The molecule has 0 atom stereocenters. The summed E-state index contributed by atoms with van der Waals surface area (Å²) < 4.78 is 10.2. The van der Waals surface area contributed by atoms with Gasteiger partial charge < -0.3 is 20.1 Å². The Hall–Kier alpha value is -1.37. The number of carbonyl (C=O) groups excluding carboxylic acids is 1. The van der Waals surface area contributed by atoms with Gasteiger partial charge in [0.25, 0.3) is 0 Å². The predicted molar refractivity (Wildman–Crippen MR) is 72.5 cm³/mol. The van der Waals surface area contributed by atoms with Crippen LogP contribution in [0.4, 0.5) is 0 Å². The molecule has 0 aliphatic heterocycles. The fraction of sp³-hybridized carbons (Fsp3) is 0.500. The van der Waals surface area contributed by atoms with Crippen LogP contribution in [0.3, 0.4) is 0 Å². The lowest BCUT2D eigenvalue weighted by molar-refractivity contribution is -0.120.